The van der Waals surface area contributed by atoms with Crippen molar-refractivity contribution in [2.24, 2.45) is 0 Å². The minimum Gasteiger partial charge on any atom is -0.439 e. The van der Waals surface area contributed by atoms with Crippen molar-refractivity contribution in [2.45, 2.75) is 12.3 Å². The van der Waals surface area contributed by atoms with E-state index in [9.17, 15) is 9.18 Å². The number of thioether (sulfide) groups is 1. The predicted molar refractivity (Wildman–Crippen MR) is 103 cm³/mol. The van der Waals surface area contributed by atoms with E-state index in [0.717, 1.165) is 11.3 Å². The van der Waals surface area contributed by atoms with Crippen LogP contribution in [0, 0.1) is 5.82 Å². The van der Waals surface area contributed by atoms with Crippen LogP contribution in [-0.2, 0) is 17.1 Å². The first-order valence-corrected chi connectivity index (χ1v) is 9.47. The maximum absolute atomic E-state index is 13.3. The van der Waals surface area contributed by atoms with Gasteiger partial charge in [-0.3, -0.25) is 9.78 Å². The Labute approximate surface area is 161 Å². The normalized spacial score (nSPS) is 10.4. The summed E-state index contributed by atoms with van der Waals surface area (Å²) in [7, 11) is 0. The fraction of sp³-hybridized carbons (Fsp3) is 0.150. The lowest BCUT2D eigenvalue weighted by Crippen LogP contribution is -2.25. The van der Waals surface area contributed by atoms with Crippen LogP contribution in [0.15, 0.2) is 67.1 Å². The molecule has 0 aliphatic rings. The Morgan fingerprint density at radius 1 is 1.15 bits per heavy atom. The molecule has 1 amide bonds. The molecule has 0 saturated heterocycles. The molecule has 7 heteroatoms. The number of rotatable bonds is 8. The highest BCUT2D eigenvalue weighted by atomic mass is 32.2. The SMILES string of the molecule is O=C(CSCc1cccnc1)NCc1cccnc1Oc1cccc(F)c1. The van der Waals surface area contributed by atoms with E-state index in [1.807, 2.05) is 18.2 Å². The average molecular weight is 383 g/mol. The van der Waals surface area contributed by atoms with Crippen LogP contribution in [0.5, 0.6) is 11.6 Å². The second-order valence-corrected chi connectivity index (χ2v) is 6.64. The van der Waals surface area contributed by atoms with E-state index in [-0.39, 0.29) is 18.3 Å². The summed E-state index contributed by atoms with van der Waals surface area (Å²) in [5, 5.41) is 2.85. The third-order valence-electron chi connectivity index (χ3n) is 3.56. The van der Waals surface area contributed by atoms with E-state index in [2.05, 4.69) is 15.3 Å². The third kappa shape index (κ3) is 6.07. The number of benzene rings is 1. The molecule has 0 unspecified atom stereocenters. The van der Waals surface area contributed by atoms with Crippen molar-refractivity contribution >= 4 is 17.7 Å². The number of hydrogen-bond donors (Lipinski definition) is 1. The van der Waals surface area contributed by atoms with Gasteiger partial charge in [0.25, 0.3) is 0 Å². The van der Waals surface area contributed by atoms with Crippen LogP contribution >= 0.6 is 11.8 Å². The summed E-state index contributed by atoms with van der Waals surface area (Å²) in [6.45, 7) is 0.283. The topological polar surface area (TPSA) is 64.1 Å². The molecular formula is C20H18FN3O2S. The number of pyridine rings is 2. The van der Waals surface area contributed by atoms with E-state index >= 15 is 0 Å². The molecule has 2 heterocycles. The van der Waals surface area contributed by atoms with Crippen molar-refractivity contribution in [1.82, 2.24) is 15.3 Å². The van der Waals surface area contributed by atoms with Gasteiger partial charge in [0.15, 0.2) is 0 Å². The molecule has 3 rings (SSSR count). The van der Waals surface area contributed by atoms with Crippen LogP contribution in [0.3, 0.4) is 0 Å². The highest BCUT2D eigenvalue weighted by molar-refractivity contribution is 7.99. The Morgan fingerprint density at radius 2 is 2.04 bits per heavy atom. The Kier molecular flexibility index (Phi) is 6.76. The van der Waals surface area contributed by atoms with E-state index in [1.54, 1.807) is 36.8 Å². The van der Waals surface area contributed by atoms with Gasteiger partial charge in [0.2, 0.25) is 11.8 Å². The minimum absolute atomic E-state index is 0.0792. The van der Waals surface area contributed by atoms with Gasteiger partial charge in [-0.15, -0.1) is 11.8 Å². The van der Waals surface area contributed by atoms with Gasteiger partial charge in [0.05, 0.1) is 5.75 Å². The lowest BCUT2D eigenvalue weighted by Gasteiger charge is -2.11. The van der Waals surface area contributed by atoms with E-state index in [0.29, 0.717) is 22.9 Å². The molecule has 2 aromatic heterocycles. The van der Waals surface area contributed by atoms with Crippen molar-refractivity contribution in [1.29, 1.82) is 0 Å². The zero-order valence-corrected chi connectivity index (χ0v) is 15.3. The molecule has 138 valence electrons. The Balaban J connectivity index is 1.51. The van der Waals surface area contributed by atoms with Crippen molar-refractivity contribution in [3.05, 3.63) is 84.1 Å². The maximum atomic E-state index is 13.3. The lowest BCUT2D eigenvalue weighted by atomic mass is 10.2. The molecule has 1 N–H and O–H groups in total. The highest BCUT2D eigenvalue weighted by Crippen LogP contribution is 2.23. The standard InChI is InChI=1S/C20H18FN3O2S/c21-17-6-1-7-18(10-17)26-20-16(5-3-9-23-20)12-24-19(25)14-27-13-15-4-2-8-22-11-15/h1-11H,12-14H2,(H,24,25). The van der Waals surface area contributed by atoms with Crippen molar-refractivity contribution in [3.63, 3.8) is 0 Å². The smallest absolute Gasteiger partial charge is 0.230 e. The van der Waals surface area contributed by atoms with Crippen molar-refractivity contribution < 1.29 is 13.9 Å². The van der Waals surface area contributed by atoms with Gasteiger partial charge in [-0.05, 0) is 29.8 Å². The van der Waals surface area contributed by atoms with Gasteiger partial charge in [-0.2, -0.15) is 0 Å². The molecule has 0 saturated carbocycles. The van der Waals surface area contributed by atoms with Crippen LogP contribution in [0.2, 0.25) is 0 Å². The zero-order chi connectivity index (χ0) is 18.9. The second kappa shape index (κ2) is 9.68. The summed E-state index contributed by atoms with van der Waals surface area (Å²) in [4.78, 5) is 20.3. The number of amides is 1. The van der Waals surface area contributed by atoms with Crippen LogP contribution < -0.4 is 10.1 Å². The first kappa shape index (κ1) is 18.8. The van der Waals surface area contributed by atoms with Gasteiger partial charge in [-0.1, -0.05) is 18.2 Å². The van der Waals surface area contributed by atoms with Crippen LogP contribution in [0.4, 0.5) is 4.39 Å². The number of ether oxygens (including phenoxy) is 1. The molecule has 1 aromatic carbocycles. The number of halogens is 1. The first-order valence-electron chi connectivity index (χ1n) is 8.31. The highest BCUT2D eigenvalue weighted by Gasteiger charge is 2.09. The van der Waals surface area contributed by atoms with Crippen LogP contribution in [-0.4, -0.2) is 21.6 Å². The molecule has 0 aliphatic heterocycles. The molecule has 5 nitrogen and oxygen atoms in total. The largest absolute Gasteiger partial charge is 0.439 e. The first-order chi connectivity index (χ1) is 13.2. The summed E-state index contributed by atoms with van der Waals surface area (Å²) >= 11 is 1.52. The quantitative estimate of drug-likeness (QED) is 0.638. The maximum Gasteiger partial charge on any atom is 0.230 e. The van der Waals surface area contributed by atoms with Crippen LogP contribution in [0.1, 0.15) is 11.1 Å². The summed E-state index contributed by atoms with van der Waals surface area (Å²) in [6.07, 6.45) is 5.10. The molecule has 0 bridgehead atoms. The fourth-order valence-corrected chi connectivity index (χ4v) is 3.08. The lowest BCUT2D eigenvalue weighted by molar-refractivity contribution is -0.118. The summed E-state index contributed by atoms with van der Waals surface area (Å²) in [6, 6.07) is 13.3. The third-order valence-corrected chi connectivity index (χ3v) is 4.57. The van der Waals surface area contributed by atoms with Gasteiger partial charge in [-0.25, -0.2) is 9.37 Å². The fourth-order valence-electron chi connectivity index (χ4n) is 2.28. The Morgan fingerprint density at radius 3 is 2.85 bits per heavy atom. The molecule has 0 aliphatic carbocycles. The van der Waals surface area contributed by atoms with Crippen molar-refractivity contribution in [3.8, 4) is 11.6 Å². The molecule has 0 fully saturated rings. The molecule has 0 radical (unpaired) electrons. The molecule has 0 atom stereocenters. The van der Waals surface area contributed by atoms with Gasteiger partial charge >= 0.3 is 0 Å². The summed E-state index contributed by atoms with van der Waals surface area (Å²) in [5.41, 5.74) is 1.79. The monoisotopic (exact) mass is 383 g/mol. The number of carbonyl (C=O) groups excluding carboxylic acids is 1. The molecular weight excluding hydrogens is 365 g/mol. The molecule has 0 spiro atoms. The molecule has 3 aromatic rings. The van der Waals surface area contributed by atoms with Gasteiger partial charge in [0.1, 0.15) is 11.6 Å². The summed E-state index contributed by atoms with van der Waals surface area (Å²) in [5.74, 6) is 1.30. The average Bonchev–Trinajstić information content (AvgIpc) is 2.68. The number of aromatic nitrogens is 2. The van der Waals surface area contributed by atoms with E-state index in [1.165, 1.54) is 23.9 Å². The number of hydrogen-bond acceptors (Lipinski definition) is 5. The van der Waals surface area contributed by atoms with Gasteiger partial charge < -0.3 is 10.1 Å². The number of carbonyl (C=O) groups is 1. The summed E-state index contributed by atoms with van der Waals surface area (Å²) < 4.78 is 18.9. The van der Waals surface area contributed by atoms with E-state index in [4.69, 9.17) is 4.74 Å². The predicted octanol–water partition coefficient (Wildman–Crippen LogP) is 3.96. The Hall–Kier alpha value is -2.93. The number of nitrogens with one attached hydrogen (secondary N) is 1. The van der Waals surface area contributed by atoms with Gasteiger partial charge in [0, 0.05) is 42.5 Å². The van der Waals surface area contributed by atoms with Crippen LogP contribution in [0.25, 0.3) is 0 Å². The zero-order valence-electron chi connectivity index (χ0n) is 14.5. The molecule has 27 heavy (non-hydrogen) atoms. The van der Waals surface area contributed by atoms with E-state index < -0.39 is 0 Å². The second-order valence-electron chi connectivity index (χ2n) is 5.66. The number of nitrogens with zero attached hydrogens (tertiary/aromatic N) is 2. The minimum atomic E-state index is -0.385. The Bertz CT molecular complexity index is 893. The van der Waals surface area contributed by atoms with Crippen molar-refractivity contribution in [2.75, 3.05) is 5.75 Å².